The maximum atomic E-state index is 13.8. The molecule has 0 spiro atoms. The molecule has 0 radical (unpaired) electrons. The van der Waals surface area contributed by atoms with Gasteiger partial charge in [-0.1, -0.05) is 36.6 Å². The van der Waals surface area contributed by atoms with E-state index in [0.717, 1.165) is 24.2 Å². The van der Waals surface area contributed by atoms with Crippen LogP contribution in [0.15, 0.2) is 47.4 Å². The molecule has 17 heteroatoms. The molecule has 282 valence electrons. The number of amides is 2. The molecule has 1 aromatic heterocycles. The summed E-state index contributed by atoms with van der Waals surface area (Å²) in [7, 11) is -2.92. The van der Waals surface area contributed by atoms with Crippen molar-refractivity contribution >= 4 is 50.4 Å². The standard InChI is InChI=1S/C36H45ClN4O10S.Na/c1-39(14-17-52(46,47)48)32(42)6-4-2-3-5-7-33(43)50-24-28-22-41-23-30(36(45)38-20-25-8-10-27(37)11-9-25)35(44)29-18-26(19-31(51-28)34(29)41)21-40-12-15-49-16-13-40;/h8-11,18-19,23,28H,2-7,12-17,20-22,24H2,1H3,(H,38,45)(H,46,47,48);/q;+1/p-1. The van der Waals surface area contributed by atoms with Crippen molar-refractivity contribution in [3.05, 3.63) is 74.5 Å². The summed E-state index contributed by atoms with van der Waals surface area (Å²) in [6, 6.07) is 10.8. The van der Waals surface area contributed by atoms with Crippen LogP contribution in [0.3, 0.4) is 0 Å². The van der Waals surface area contributed by atoms with Gasteiger partial charge in [-0.25, -0.2) is 8.42 Å². The molecule has 53 heavy (non-hydrogen) atoms. The van der Waals surface area contributed by atoms with Gasteiger partial charge in [0.15, 0.2) is 6.10 Å². The van der Waals surface area contributed by atoms with E-state index in [2.05, 4.69) is 10.2 Å². The summed E-state index contributed by atoms with van der Waals surface area (Å²) < 4.78 is 51.6. The SMILES string of the molecule is CN(CCS(=O)(=O)[O-])C(=O)CCCCCCC(=O)OCC1Cn2cc(C(=O)NCc3ccc(Cl)cc3)c(=O)c3cc(CN4CCOCC4)cc(c32)O1.[Na+]. The monoisotopic (exact) mass is 782 g/mol. The smallest absolute Gasteiger partial charge is 0.748 e. The number of halogens is 1. The summed E-state index contributed by atoms with van der Waals surface area (Å²) in [4.78, 5) is 55.4. The molecule has 5 rings (SSSR count). The first-order chi connectivity index (χ1) is 24.9. The molecule has 14 nitrogen and oxygen atoms in total. The Morgan fingerprint density at radius 3 is 2.43 bits per heavy atom. The maximum Gasteiger partial charge on any atom is 1.00 e. The van der Waals surface area contributed by atoms with E-state index in [1.165, 1.54) is 11.9 Å². The Bertz CT molecular complexity index is 1920. The number of nitrogens with zero attached hydrogens (tertiary/aromatic N) is 3. The van der Waals surface area contributed by atoms with Crippen LogP contribution in [-0.2, 0) is 48.8 Å². The number of ether oxygens (including phenoxy) is 3. The molecule has 2 aliphatic rings. The van der Waals surface area contributed by atoms with E-state index in [4.69, 9.17) is 25.8 Å². The fraction of sp³-hybridized carbons (Fsp3) is 0.500. The Labute approximate surface area is 336 Å². The first-order valence-electron chi connectivity index (χ1n) is 17.4. The molecule has 0 saturated carbocycles. The number of aromatic nitrogens is 1. The Morgan fingerprint density at radius 1 is 1.04 bits per heavy atom. The van der Waals surface area contributed by atoms with E-state index in [-0.39, 0.29) is 80.1 Å². The van der Waals surface area contributed by atoms with Crippen LogP contribution in [0.25, 0.3) is 10.9 Å². The number of benzene rings is 2. The van der Waals surface area contributed by atoms with Crippen LogP contribution in [0, 0.1) is 0 Å². The van der Waals surface area contributed by atoms with Crippen molar-refractivity contribution < 1.29 is 71.1 Å². The largest absolute Gasteiger partial charge is 1.00 e. The molecule has 0 bridgehead atoms. The van der Waals surface area contributed by atoms with Crippen molar-refractivity contribution in [2.45, 2.75) is 64.3 Å². The molecule has 2 aliphatic heterocycles. The minimum absolute atomic E-state index is 0. The zero-order chi connectivity index (χ0) is 37.3. The maximum absolute atomic E-state index is 13.8. The predicted octanol–water partition coefficient (Wildman–Crippen LogP) is 0.0695. The van der Waals surface area contributed by atoms with Crippen LogP contribution in [-0.4, -0.2) is 103 Å². The van der Waals surface area contributed by atoms with Gasteiger partial charge in [-0.05, 0) is 48.2 Å². The first-order valence-corrected chi connectivity index (χ1v) is 19.3. The van der Waals surface area contributed by atoms with E-state index >= 15 is 0 Å². The van der Waals surface area contributed by atoms with Crippen LogP contribution in [0.5, 0.6) is 5.75 Å². The van der Waals surface area contributed by atoms with Gasteiger partial charge in [-0.3, -0.25) is 24.1 Å². The third kappa shape index (κ3) is 12.8. The average Bonchev–Trinajstić information content (AvgIpc) is 3.12. The van der Waals surface area contributed by atoms with Gasteiger partial charge in [0, 0.05) is 63.8 Å². The van der Waals surface area contributed by atoms with Crippen LogP contribution in [0.1, 0.15) is 60.0 Å². The zero-order valence-corrected chi connectivity index (χ0v) is 33.7. The Kier molecular flexibility index (Phi) is 16.2. The van der Waals surface area contributed by atoms with Crippen LogP contribution < -0.4 is 45.0 Å². The molecule has 2 amide bonds. The molecule has 0 aliphatic carbocycles. The van der Waals surface area contributed by atoms with Gasteiger partial charge in [0.1, 0.15) is 17.9 Å². The Hall–Kier alpha value is -3.02. The van der Waals surface area contributed by atoms with E-state index in [9.17, 15) is 32.1 Å². The van der Waals surface area contributed by atoms with Gasteiger partial charge in [-0.15, -0.1) is 0 Å². The summed E-state index contributed by atoms with van der Waals surface area (Å²) >= 11 is 5.99. The number of unbranched alkanes of at least 4 members (excludes halogenated alkanes) is 3. The molecule has 1 N–H and O–H groups in total. The normalized spacial score (nSPS) is 15.6. The second-order valence-electron chi connectivity index (χ2n) is 13.1. The van der Waals surface area contributed by atoms with E-state index < -0.39 is 39.3 Å². The second-order valence-corrected chi connectivity index (χ2v) is 15.1. The molecule has 1 unspecified atom stereocenters. The van der Waals surface area contributed by atoms with Gasteiger partial charge in [-0.2, -0.15) is 0 Å². The Balaban J connectivity index is 0.00000627. The molecule has 3 heterocycles. The van der Waals surface area contributed by atoms with Gasteiger partial charge in [0.25, 0.3) is 5.91 Å². The quantitative estimate of drug-likeness (QED) is 0.0849. The third-order valence-electron chi connectivity index (χ3n) is 9.07. The minimum atomic E-state index is -4.38. The van der Waals surface area contributed by atoms with E-state index in [1.807, 2.05) is 16.7 Å². The number of nitrogens with one attached hydrogen (secondary N) is 1. The number of carbonyl (C=O) groups is 3. The number of pyridine rings is 1. The number of hydrogen-bond acceptors (Lipinski definition) is 11. The van der Waals surface area contributed by atoms with Crippen molar-refractivity contribution in [3.63, 3.8) is 0 Å². The van der Waals surface area contributed by atoms with Crippen LogP contribution in [0.4, 0.5) is 0 Å². The molecule has 3 aromatic rings. The number of hydrogen-bond donors (Lipinski definition) is 1. The summed E-state index contributed by atoms with van der Waals surface area (Å²) in [6.45, 7) is 3.59. The minimum Gasteiger partial charge on any atom is -0.748 e. The summed E-state index contributed by atoms with van der Waals surface area (Å²) in [5, 5.41) is 3.80. The molecule has 1 atom stereocenters. The summed E-state index contributed by atoms with van der Waals surface area (Å²) in [5.41, 5.74) is 1.86. The fourth-order valence-corrected chi connectivity index (χ4v) is 6.81. The number of morpholine rings is 1. The van der Waals surface area contributed by atoms with Crippen LogP contribution in [0.2, 0.25) is 5.02 Å². The fourth-order valence-electron chi connectivity index (χ4n) is 6.19. The predicted molar refractivity (Wildman–Crippen MR) is 192 cm³/mol. The Morgan fingerprint density at radius 2 is 1.74 bits per heavy atom. The number of rotatable bonds is 17. The summed E-state index contributed by atoms with van der Waals surface area (Å²) in [5.74, 6) is -1.28. The zero-order valence-electron chi connectivity index (χ0n) is 30.1. The molecular formula is C36H44ClN4NaO10S. The van der Waals surface area contributed by atoms with Crippen molar-refractivity contribution in [3.8, 4) is 5.75 Å². The third-order valence-corrected chi connectivity index (χ3v) is 10.00. The molecule has 1 fully saturated rings. The van der Waals surface area contributed by atoms with Crippen molar-refractivity contribution in [2.24, 2.45) is 0 Å². The van der Waals surface area contributed by atoms with Gasteiger partial charge in [0.2, 0.25) is 11.3 Å². The average molecular weight is 783 g/mol. The second kappa shape index (κ2) is 20.1. The summed E-state index contributed by atoms with van der Waals surface area (Å²) in [6.07, 6.45) is 3.90. The van der Waals surface area contributed by atoms with Crippen molar-refractivity contribution in [2.75, 3.05) is 52.3 Å². The van der Waals surface area contributed by atoms with E-state index in [0.29, 0.717) is 67.1 Å². The number of carbonyl (C=O) groups excluding carboxylic acids is 3. The van der Waals surface area contributed by atoms with Crippen molar-refractivity contribution in [1.82, 2.24) is 19.7 Å². The van der Waals surface area contributed by atoms with Crippen molar-refractivity contribution in [1.29, 1.82) is 0 Å². The molecule has 1 saturated heterocycles. The van der Waals surface area contributed by atoms with Gasteiger partial charge < -0.3 is 33.5 Å². The number of esters is 1. The molecule has 2 aromatic carbocycles. The van der Waals surface area contributed by atoms with Crippen LogP contribution >= 0.6 is 11.6 Å². The van der Waals surface area contributed by atoms with Gasteiger partial charge >= 0.3 is 35.5 Å². The first kappa shape index (κ1) is 42.7. The topological polar surface area (TPSA) is 177 Å². The molecular weight excluding hydrogens is 739 g/mol. The van der Waals surface area contributed by atoms with Gasteiger partial charge in [0.05, 0.1) is 46.5 Å². The van der Waals surface area contributed by atoms with E-state index in [1.54, 1.807) is 30.5 Å².